The van der Waals surface area contributed by atoms with Gasteiger partial charge in [-0.15, -0.1) is 0 Å². The molecule has 2 aromatic rings. The van der Waals surface area contributed by atoms with E-state index in [-0.39, 0.29) is 6.04 Å². The predicted octanol–water partition coefficient (Wildman–Crippen LogP) is 2.36. The number of rotatable bonds is 4. The number of aliphatic hydroxyl groups excluding tert-OH is 1. The smallest absolute Gasteiger partial charge is 0.341 e. The number of fused-ring (bicyclic) bond motifs is 1. The predicted molar refractivity (Wildman–Crippen MR) is 89.8 cm³/mol. The van der Waals surface area contributed by atoms with E-state index in [1.165, 1.54) is 7.11 Å². The number of aliphatic hydroxyl groups is 1. The first kappa shape index (κ1) is 16.5. The van der Waals surface area contributed by atoms with Crippen LogP contribution in [0.4, 0.5) is 0 Å². The first-order valence-electron chi connectivity index (χ1n) is 7.96. The van der Waals surface area contributed by atoms with Gasteiger partial charge in [-0.3, -0.25) is 0 Å². The monoisotopic (exact) mass is 327 g/mol. The SMILES string of the molecule is COC(=O)c1c(OCc2ccccc2)ccc2c1CC[C@@H](N)[C@@H]2O. The Morgan fingerprint density at radius 1 is 1.25 bits per heavy atom. The van der Waals surface area contributed by atoms with E-state index in [0.29, 0.717) is 36.3 Å². The lowest BCUT2D eigenvalue weighted by Gasteiger charge is -2.29. The number of nitrogens with two attached hydrogens (primary N) is 1. The van der Waals surface area contributed by atoms with Gasteiger partial charge in [0, 0.05) is 6.04 Å². The maximum Gasteiger partial charge on any atom is 0.341 e. The summed E-state index contributed by atoms with van der Waals surface area (Å²) in [6, 6.07) is 12.9. The molecule has 0 heterocycles. The molecule has 0 amide bonds. The molecule has 0 fully saturated rings. The highest BCUT2D eigenvalue weighted by molar-refractivity contribution is 5.94. The molecule has 126 valence electrons. The first-order chi connectivity index (χ1) is 11.6. The number of benzene rings is 2. The third-order valence-electron chi connectivity index (χ3n) is 4.39. The molecule has 1 aliphatic carbocycles. The lowest BCUT2D eigenvalue weighted by Crippen LogP contribution is -2.34. The van der Waals surface area contributed by atoms with Crippen molar-refractivity contribution in [2.45, 2.75) is 31.6 Å². The summed E-state index contributed by atoms with van der Waals surface area (Å²) in [5, 5.41) is 10.3. The Kier molecular flexibility index (Phi) is 4.83. The van der Waals surface area contributed by atoms with Gasteiger partial charge < -0.3 is 20.3 Å². The summed E-state index contributed by atoms with van der Waals surface area (Å²) < 4.78 is 10.8. The minimum absolute atomic E-state index is 0.320. The Morgan fingerprint density at radius 2 is 2.00 bits per heavy atom. The molecule has 0 aromatic heterocycles. The topological polar surface area (TPSA) is 81.8 Å². The van der Waals surface area contributed by atoms with Crippen molar-refractivity contribution >= 4 is 5.97 Å². The van der Waals surface area contributed by atoms with Crippen molar-refractivity contribution < 1.29 is 19.4 Å². The van der Waals surface area contributed by atoms with Crippen molar-refractivity contribution in [2.24, 2.45) is 5.73 Å². The zero-order valence-corrected chi connectivity index (χ0v) is 13.6. The van der Waals surface area contributed by atoms with Crippen molar-refractivity contribution in [3.8, 4) is 5.75 Å². The third-order valence-corrected chi connectivity index (χ3v) is 4.39. The van der Waals surface area contributed by atoms with Crippen LogP contribution in [0.15, 0.2) is 42.5 Å². The second-order valence-electron chi connectivity index (χ2n) is 5.92. The van der Waals surface area contributed by atoms with E-state index < -0.39 is 12.1 Å². The van der Waals surface area contributed by atoms with Crippen LogP contribution in [0.2, 0.25) is 0 Å². The number of ether oxygens (including phenoxy) is 2. The standard InChI is InChI=1S/C19H21NO4/c1-23-19(22)17-13-7-9-15(20)18(21)14(13)8-10-16(17)24-11-12-5-3-2-4-6-12/h2-6,8,10,15,18,21H,7,9,11,20H2,1H3/t15-,18-/m1/s1. The second-order valence-corrected chi connectivity index (χ2v) is 5.92. The van der Waals surface area contributed by atoms with Crippen molar-refractivity contribution in [1.82, 2.24) is 0 Å². The van der Waals surface area contributed by atoms with E-state index >= 15 is 0 Å². The van der Waals surface area contributed by atoms with Crippen molar-refractivity contribution in [3.63, 3.8) is 0 Å². The van der Waals surface area contributed by atoms with Gasteiger partial charge in [-0.25, -0.2) is 4.79 Å². The number of hydrogen-bond acceptors (Lipinski definition) is 5. The molecule has 0 radical (unpaired) electrons. The number of hydrogen-bond donors (Lipinski definition) is 2. The summed E-state index contributed by atoms with van der Waals surface area (Å²) in [7, 11) is 1.34. The summed E-state index contributed by atoms with van der Waals surface area (Å²) in [6.07, 6.45) is 0.446. The summed E-state index contributed by atoms with van der Waals surface area (Å²) >= 11 is 0. The Hall–Kier alpha value is -2.37. The molecule has 3 rings (SSSR count). The fourth-order valence-corrected chi connectivity index (χ4v) is 3.07. The highest BCUT2D eigenvalue weighted by Crippen LogP contribution is 2.36. The molecule has 5 heteroatoms. The molecular weight excluding hydrogens is 306 g/mol. The molecule has 0 saturated carbocycles. The first-order valence-corrected chi connectivity index (χ1v) is 7.96. The average molecular weight is 327 g/mol. The highest BCUT2D eigenvalue weighted by Gasteiger charge is 2.31. The second kappa shape index (κ2) is 7.03. The van der Waals surface area contributed by atoms with E-state index in [4.69, 9.17) is 15.2 Å². The molecule has 5 nitrogen and oxygen atoms in total. The van der Waals surface area contributed by atoms with Crippen molar-refractivity contribution in [2.75, 3.05) is 7.11 Å². The molecule has 24 heavy (non-hydrogen) atoms. The molecule has 3 N–H and O–H groups in total. The molecule has 0 unspecified atom stereocenters. The van der Waals surface area contributed by atoms with Gasteiger partial charge in [0.1, 0.15) is 17.9 Å². The van der Waals surface area contributed by atoms with Gasteiger partial charge in [0.2, 0.25) is 0 Å². The lowest BCUT2D eigenvalue weighted by molar-refractivity contribution is 0.0592. The van der Waals surface area contributed by atoms with Gasteiger partial charge in [-0.2, -0.15) is 0 Å². The molecule has 0 aliphatic heterocycles. The Bertz CT molecular complexity index is 730. The maximum atomic E-state index is 12.3. The fraction of sp³-hybridized carbons (Fsp3) is 0.316. The summed E-state index contributed by atoms with van der Waals surface area (Å²) in [4.78, 5) is 12.3. The molecule has 0 bridgehead atoms. The highest BCUT2D eigenvalue weighted by atomic mass is 16.5. The van der Waals surface area contributed by atoms with Crippen LogP contribution in [0.1, 0.15) is 39.6 Å². The normalized spacial score (nSPS) is 19.5. The third kappa shape index (κ3) is 3.13. The molecular formula is C19H21NO4. The molecule has 1 aliphatic rings. The molecule has 2 aromatic carbocycles. The number of carbonyl (C=O) groups excluding carboxylic acids is 1. The van der Waals surface area contributed by atoms with E-state index in [2.05, 4.69) is 0 Å². The average Bonchev–Trinajstić information content (AvgIpc) is 2.62. The summed E-state index contributed by atoms with van der Waals surface area (Å²) in [6.45, 7) is 0.353. The van der Waals surface area contributed by atoms with E-state index in [1.807, 2.05) is 30.3 Å². The van der Waals surface area contributed by atoms with Crippen molar-refractivity contribution in [3.05, 3.63) is 64.7 Å². The van der Waals surface area contributed by atoms with Crippen LogP contribution in [-0.4, -0.2) is 24.2 Å². The zero-order valence-electron chi connectivity index (χ0n) is 13.6. The molecule has 0 spiro atoms. The zero-order chi connectivity index (χ0) is 17.1. The van der Waals surface area contributed by atoms with Gasteiger partial charge in [-0.05, 0) is 35.6 Å². The number of esters is 1. The van der Waals surface area contributed by atoms with E-state index in [1.54, 1.807) is 12.1 Å². The Morgan fingerprint density at radius 3 is 2.71 bits per heavy atom. The maximum absolute atomic E-state index is 12.3. The number of carbonyl (C=O) groups is 1. The van der Waals surface area contributed by atoms with Gasteiger partial charge in [-0.1, -0.05) is 36.4 Å². The van der Waals surface area contributed by atoms with Gasteiger partial charge >= 0.3 is 5.97 Å². The van der Waals surface area contributed by atoms with Crippen LogP contribution >= 0.6 is 0 Å². The van der Waals surface area contributed by atoms with Crippen LogP contribution in [0.25, 0.3) is 0 Å². The number of methoxy groups -OCH3 is 1. The van der Waals surface area contributed by atoms with Crippen LogP contribution in [0, 0.1) is 0 Å². The van der Waals surface area contributed by atoms with Gasteiger partial charge in [0.15, 0.2) is 0 Å². The van der Waals surface area contributed by atoms with Crippen molar-refractivity contribution in [1.29, 1.82) is 0 Å². The Balaban J connectivity index is 1.96. The Labute approximate surface area is 141 Å². The minimum atomic E-state index is -0.777. The fourth-order valence-electron chi connectivity index (χ4n) is 3.07. The van der Waals surface area contributed by atoms with Gasteiger partial charge in [0.05, 0.1) is 13.2 Å². The van der Waals surface area contributed by atoms with Crippen LogP contribution in [-0.2, 0) is 17.8 Å². The quantitative estimate of drug-likeness (QED) is 0.843. The van der Waals surface area contributed by atoms with Crippen LogP contribution in [0.3, 0.4) is 0 Å². The largest absolute Gasteiger partial charge is 0.488 e. The summed E-state index contributed by atoms with van der Waals surface area (Å²) in [5.41, 5.74) is 8.77. The molecule has 2 atom stereocenters. The van der Waals surface area contributed by atoms with Crippen LogP contribution < -0.4 is 10.5 Å². The summed E-state index contributed by atoms with van der Waals surface area (Å²) in [5.74, 6) is 0.00436. The minimum Gasteiger partial charge on any atom is -0.488 e. The van der Waals surface area contributed by atoms with E-state index in [0.717, 1.165) is 11.1 Å². The molecule has 0 saturated heterocycles. The van der Waals surface area contributed by atoms with Gasteiger partial charge in [0.25, 0.3) is 0 Å². The van der Waals surface area contributed by atoms with Crippen LogP contribution in [0.5, 0.6) is 5.75 Å². The van der Waals surface area contributed by atoms with E-state index in [9.17, 15) is 9.90 Å². The lowest BCUT2D eigenvalue weighted by atomic mass is 9.83.